The normalized spacial score (nSPS) is 17.5. The maximum absolute atomic E-state index is 12.9. The van der Waals surface area contributed by atoms with Crippen molar-refractivity contribution in [2.75, 3.05) is 0 Å². The lowest BCUT2D eigenvalue weighted by Gasteiger charge is -2.14. The number of hydrogen-bond donors (Lipinski definition) is 1. The first-order valence-electron chi connectivity index (χ1n) is 5.00. The van der Waals surface area contributed by atoms with Crippen LogP contribution in [0.1, 0.15) is 11.1 Å². The number of nitrogens with zero attached hydrogens (tertiary/aromatic N) is 1. The fourth-order valence-electron chi connectivity index (χ4n) is 1.59. The van der Waals surface area contributed by atoms with Gasteiger partial charge in [-0.15, -0.1) is 0 Å². The summed E-state index contributed by atoms with van der Waals surface area (Å²) in [5.74, 6) is 0. The highest BCUT2D eigenvalue weighted by molar-refractivity contribution is 8.06. The number of aliphatic imine (C=N–C) groups is 1. The number of alkyl halides is 3. The van der Waals surface area contributed by atoms with Crippen LogP contribution in [0.2, 0.25) is 0 Å². The maximum Gasteiger partial charge on any atom is 0.417 e. The molecule has 0 atom stereocenters. The van der Waals surface area contributed by atoms with E-state index in [1.54, 1.807) is 17.7 Å². The monoisotopic (exact) mass is 270 g/mol. The molecule has 1 N–H and O–H groups in total. The zero-order chi connectivity index (χ0) is 13.2. The topological polar surface area (TPSA) is 24.4 Å². The Hall–Kier alpha value is -1.69. The van der Waals surface area contributed by atoms with Gasteiger partial charge in [0.2, 0.25) is 0 Å². The third-order valence-corrected chi connectivity index (χ3v) is 3.15. The van der Waals surface area contributed by atoms with Crippen LogP contribution < -0.4 is 5.32 Å². The molecular formula is C12H9F3N2S. The first-order valence-corrected chi connectivity index (χ1v) is 5.88. The zero-order valence-corrected chi connectivity index (χ0v) is 9.98. The molecule has 0 aromatic heterocycles. The Kier molecular flexibility index (Phi) is 3.47. The number of rotatable bonds is 2. The van der Waals surface area contributed by atoms with E-state index < -0.39 is 11.7 Å². The minimum atomic E-state index is -4.41. The molecule has 0 saturated heterocycles. The third-order valence-electron chi connectivity index (χ3n) is 2.33. The Balaban J connectivity index is 2.57. The Labute approximate surface area is 106 Å². The summed E-state index contributed by atoms with van der Waals surface area (Å²) in [5.41, 5.74) is -0.481. The van der Waals surface area contributed by atoms with Gasteiger partial charge in [0.15, 0.2) is 0 Å². The van der Waals surface area contributed by atoms with E-state index in [0.717, 1.165) is 6.07 Å². The van der Waals surface area contributed by atoms with Crippen molar-refractivity contribution in [3.8, 4) is 0 Å². The summed E-state index contributed by atoms with van der Waals surface area (Å²) >= 11 is 1.28. The molecule has 94 valence electrons. The van der Waals surface area contributed by atoms with Gasteiger partial charge < -0.3 is 5.32 Å². The van der Waals surface area contributed by atoms with Gasteiger partial charge in [0.25, 0.3) is 0 Å². The lowest BCUT2D eigenvalue weighted by Crippen LogP contribution is -2.10. The molecule has 2 rings (SSSR count). The second kappa shape index (κ2) is 4.89. The van der Waals surface area contributed by atoms with Gasteiger partial charge in [0, 0.05) is 11.8 Å². The second-order valence-electron chi connectivity index (χ2n) is 3.44. The van der Waals surface area contributed by atoms with Gasteiger partial charge in [0.1, 0.15) is 10.7 Å². The van der Waals surface area contributed by atoms with E-state index in [0.29, 0.717) is 5.03 Å². The van der Waals surface area contributed by atoms with Gasteiger partial charge in [-0.05, 0) is 18.2 Å². The molecule has 1 aliphatic rings. The van der Waals surface area contributed by atoms with Crippen LogP contribution in [0.25, 0.3) is 5.70 Å². The average Bonchev–Trinajstić information content (AvgIpc) is 2.83. The quantitative estimate of drug-likeness (QED) is 0.826. The maximum atomic E-state index is 12.9. The van der Waals surface area contributed by atoms with E-state index in [9.17, 15) is 13.2 Å². The predicted molar refractivity (Wildman–Crippen MR) is 67.8 cm³/mol. The molecule has 0 unspecified atom stereocenters. The van der Waals surface area contributed by atoms with E-state index in [1.807, 2.05) is 0 Å². The smallest absolute Gasteiger partial charge is 0.354 e. The molecule has 0 fully saturated rings. The molecule has 1 aromatic rings. The minimum absolute atomic E-state index is 0.0266. The summed E-state index contributed by atoms with van der Waals surface area (Å²) in [5, 5.41) is 5.12. The van der Waals surface area contributed by atoms with Crippen LogP contribution in [0.15, 0.2) is 45.9 Å². The first-order chi connectivity index (χ1) is 8.54. The molecule has 0 radical (unpaired) electrons. The number of halogens is 3. The SMILES string of the molecule is C=N/C(=C1\NC=CS1)c1ccccc1C(F)(F)F. The van der Waals surface area contributed by atoms with Crippen molar-refractivity contribution in [1.29, 1.82) is 0 Å². The molecule has 2 nitrogen and oxygen atoms in total. The van der Waals surface area contributed by atoms with Crippen LogP contribution in [0.5, 0.6) is 0 Å². The minimum Gasteiger partial charge on any atom is -0.354 e. The van der Waals surface area contributed by atoms with E-state index in [4.69, 9.17) is 0 Å². The molecule has 1 aromatic carbocycles. The van der Waals surface area contributed by atoms with Crippen molar-refractivity contribution < 1.29 is 13.2 Å². The Morgan fingerprint density at radius 1 is 1.28 bits per heavy atom. The molecule has 0 bridgehead atoms. The molecule has 1 aliphatic heterocycles. The summed E-state index contributed by atoms with van der Waals surface area (Å²) < 4.78 is 38.7. The van der Waals surface area contributed by atoms with Crippen molar-refractivity contribution in [3.63, 3.8) is 0 Å². The fourth-order valence-corrected chi connectivity index (χ4v) is 2.28. The zero-order valence-electron chi connectivity index (χ0n) is 9.16. The molecule has 0 aliphatic carbocycles. The highest BCUT2D eigenvalue weighted by Crippen LogP contribution is 2.38. The summed E-state index contributed by atoms with van der Waals surface area (Å²) in [6.45, 7) is 3.35. The predicted octanol–water partition coefficient (Wildman–Crippen LogP) is 3.84. The van der Waals surface area contributed by atoms with Gasteiger partial charge in [0.05, 0.1) is 5.56 Å². The van der Waals surface area contributed by atoms with Crippen LogP contribution in [0, 0.1) is 0 Å². The van der Waals surface area contributed by atoms with Crippen molar-refractivity contribution in [1.82, 2.24) is 5.32 Å². The molecule has 0 saturated carbocycles. The standard InChI is InChI=1S/C12H9F3N2S/c1-16-10(11-17-6-7-18-11)8-4-2-3-5-9(8)12(13,14)15/h2-7,17H,1H2/b11-10+. The number of hydrogen-bond acceptors (Lipinski definition) is 3. The lowest BCUT2D eigenvalue weighted by atomic mass is 10.0. The Morgan fingerprint density at radius 2 is 2.00 bits per heavy atom. The number of benzene rings is 1. The van der Waals surface area contributed by atoms with Crippen molar-refractivity contribution in [3.05, 3.63) is 52.0 Å². The van der Waals surface area contributed by atoms with Gasteiger partial charge in [-0.3, -0.25) is 4.99 Å². The summed E-state index contributed by atoms with van der Waals surface area (Å²) in [6.07, 6.45) is -2.77. The van der Waals surface area contributed by atoms with Crippen molar-refractivity contribution in [2.45, 2.75) is 6.18 Å². The second-order valence-corrected chi connectivity index (χ2v) is 4.36. The number of nitrogens with one attached hydrogen (secondary N) is 1. The van der Waals surface area contributed by atoms with Gasteiger partial charge in [-0.2, -0.15) is 13.2 Å². The van der Waals surface area contributed by atoms with Gasteiger partial charge in [-0.25, -0.2) is 0 Å². The van der Waals surface area contributed by atoms with Crippen molar-refractivity contribution in [2.24, 2.45) is 4.99 Å². The largest absolute Gasteiger partial charge is 0.417 e. The molecule has 0 spiro atoms. The van der Waals surface area contributed by atoms with Crippen molar-refractivity contribution >= 4 is 24.2 Å². The molecule has 0 amide bonds. The van der Waals surface area contributed by atoms with Crippen LogP contribution in [0.4, 0.5) is 13.2 Å². The Morgan fingerprint density at radius 3 is 2.56 bits per heavy atom. The molecule has 1 heterocycles. The van der Waals surface area contributed by atoms with Gasteiger partial charge >= 0.3 is 6.18 Å². The van der Waals surface area contributed by atoms with Crippen LogP contribution >= 0.6 is 11.8 Å². The molecule has 18 heavy (non-hydrogen) atoms. The third kappa shape index (κ3) is 2.43. The van der Waals surface area contributed by atoms with E-state index in [2.05, 4.69) is 17.0 Å². The first kappa shape index (κ1) is 12.8. The number of thioether (sulfide) groups is 1. The molecule has 6 heteroatoms. The van der Waals surface area contributed by atoms with E-state index in [-0.39, 0.29) is 11.3 Å². The van der Waals surface area contributed by atoms with E-state index in [1.165, 1.54) is 23.9 Å². The summed E-state index contributed by atoms with van der Waals surface area (Å²) in [6, 6.07) is 5.32. The average molecular weight is 270 g/mol. The summed E-state index contributed by atoms with van der Waals surface area (Å²) in [4.78, 5) is 3.72. The van der Waals surface area contributed by atoms with Gasteiger partial charge in [-0.1, -0.05) is 30.0 Å². The highest BCUT2D eigenvalue weighted by atomic mass is 32.2. The van der Waals surface area contributed by atoms with Crippen LogP contribution in [-0.4, -0.2) is 6.72 Å². The summed E-state index contributed by atoms with van der Waals surface area (Å²) in [7, 11) is 0. The molecular weight excluding hydrogens is 261 g/mol. The fraction of sp³-hybridized carbons (Fsp3) is 0.0833. The lowest BCUT2D eigenvalue weighted by molar-refractivity contribution is -0.137. The van der Waals surface area contributed by atoms with Crippen LogP contribution in [-0.2, 0) is 6.18 Å². The highest BCUT2D eigenvalue weighted by Gasteiger charge is 2.34. The van der Waals surface area contributed by atoms with Crippen LogP contribution in [0.3, 0.4) is 0 Å². The Bertz CT molecular complexity index is 522. The van der Waals surface area contributed by atoms with E-state index >= 15 is 0 Å².